The van der Waals surface area contributed by atoms with E-state index in [0.717, 1.165) is 6.42 Å². The Morgan fingerprint density at radius 1 is 1.04 bits per heavy atom. The Labute approximate surface area is 155 Å². The fourth-order valence-electron chi connectivity index (χ4n) is 5.08. The molecule has 1 atom stereocenters. The van der Waals surface area contributed by atoms with Gasteiger partial charge in [0.05, 0.1) is 16.9 Å². The first-order chi connectivity index (χ1) is 12.6. The molecule has 1 unspecified atom stereocenters. The van der Waals surface area contributed by atoms with Gasteiger partial charge in [0.25, 0.3) is 0 Å². The Morgan fingerprint density at radius 3 is 2.73 bits per heavy atom. The topological polar surface area (TPSA) is 11.4 Å². The molecule has 5 rings (SSSR count). The third-order valence-electron chi connectivity index (χ3n) is 6.20. The first kappa shape index (κ1) is 16.0. The number of rotatable bonds is 2. The lowest BCUT2D eigenvalue weighted by atomic mass is 9.95. The number of aryl methyl sites for hydroxylation is 1. The van der Waals surface area contributed by atoms with Crippen LogP contribution in [0.1, 0.15) is 35.7 Å². The largest absolute Gasteiger partial charge is 0.376 e. The Bertz CT molecular complexity index is 983. The maximum absolute atomic E-state index is 2.70. The van der Waals surface area contributed by atoms with Gasteiger partial charge in [-0.2, -0.15) is 0 Å². The van der Waals surface area contributed by atoms with Gasteiger partial charge < -0.3 is 9.47 Å². The van der Waals surface area contributed by atoms with Crippen LogP contribution in [-0.4, -0.2) is 36.7 Å². The second-order valence-electron chi connectivity index (χ2n) is 8.04. The number of fused-ring (bicyclic) bond motifs is 5. The molecule has 0 amide bonds. The van der Waals surface area contributed by atoms with Gasteiger partial charge in [-0.25, -0.2) is 0 Å². The van der Waals surface area contributed by atoms with Crippen LogP contribution in [0.15, 0.2) is 42.5 Å². The van der Waals surface area contributed by atoms with E-state index >= 15 is 0 Å². The molecule has 1 aromatic heterocycles. The fourth-order valence-corrected chi connectivity index (χ4v) is 5.08. The van der Waals surface area contributed by atoms with Gasteiger partial charge in [-0.3, -0.25) is 4.90 Å². The van der Waals surface area contributed by atoms with E-state index in [1.54, 1.807) is 5.56 Å². The van der Waals surface area contributed by atoms with Crippen LogP contribution in [0.5, 0.6) is 0 Å². The quantitative estimate of drug-likeness (QED) is 0.667. The summed E-state index contributed by atoms with van der Waals surface area (Å²) in [5, 5.41) is 1.46. The molecular formula is C23H27N3. The molecule has 0 radical (unpaired) electrons. The third kappa shape index (κ3) is 2.23. The molecule has 3 aromatic rings. The summed E-state index contributed by atoms with van der Waals surface area (Å²) >= 11 is 0. The first-order valence-electron chi connectivity index (χ1n) is 9.80. The molecule has 0 bridgehead atoms. The summed E-state index contributed by atoms with van der Waals surface area (Å²) in [5.74, 6) is 0. The molecule has 3 heterocycles. The molecule has 0 spiro atoms. The van der Waals surface area contributed by atoms with Crippen LogP contribution >= 0.6 is 0 Å². The maximum Gasteiger partial charge on any atom is 0.0692 e. The first-order valence-corrected chi connectivity index (χ1v) is 9.80. The summed E-state index contributed by atoms with van der Waals surface area (Å²) in [6, 6.07) is 16.4. The highest BCUT2D eigenvalue weighted by Gasteiger charge is 2.35. The predicted octanol–water partition coefficient (Wildman–Crippen LogP) is 4.70. The molecule has 2 aromatic carbocycles. The molecule has 2 aliphatic heterocycles. The standard InChI is InChI=1S/C23H27N3/c1-16-10-11-18-17(15-16)23-21-9-6-13-25(21)14-12-22(23)26(18)20-8-5-4-7-19(20)24(2)3/h4-5,7-8,10-11,15,21H,6,9,12-14H2,1-3H3. The summed E-state index contributed by atoms with van der Waals surface area (Å²) in [6.07, 6.45) is 3.77. The van der Waals surface area contributed by atoms with E-state index in [1.807, 2.05) is 0 Å². The second-order valence-corrected chi connectivity index (χ2v) is 8.04. The second kappa shape index (κ2) is 5.88. The van der Waals surface area contributed by atoms with Crippen molar-refractivity contribution >= 4 is 16.6 Å². The van der Waals surface area contributed by atoms with Crippen molar-refractivity contribution in [2.24, 2.45) is 0 Å². The van der Waals surface area contributed by atoms with Gasteiger partial charge in [-0.05, 0) is 56.1 Å². The Morgan fingerprint density at radius 2 is 1.88 bits per heavy atom. The van der Waals surface area contributed by atoms with Crippen LogP contribution in [0.3, 0.4) is 0 Å². The zero-order chi connectivity index (χ0) is 17.8. The van der Waals surface area contributed by atoms with Crippen molar-refractivity contribution in [2.75, 3.05) is 32.1 Å². The van der Waals surface area contributed by atoms with Crippen molar-refractivity contribution in [3.63, 3.8) is 0 Å². The fraction of sp³-hybridized carbons (Fsp3) is 0.391. The number of aromatic nitrogens is 1. The van der Waals surface area contributed by atoms with Crippen molar-refractivity contribution in [3.8, 4) is 5.69 Å². The van der Waals surface area contributed by atoms with Crippen LogP contribution < -0.4 is 4.90 Å². The Kier molecular flexibility index (Phi) is 3.61. The van der Waals surface area contributed by atoms with Gasteiger partial charge in [0, 0.05) is 44.2 Å². The molecule has 0 aliphatic carbocycles. The average molecular weight is 345 g/mol. The highest BCUT2D eigenvalue weighted by Crippen LogP contribution is 2.45. The number of para-hydroxylation sites is 2. The lowest BCUT2D eigenvalue weighted by molar-refractivity contribution is 0.243. The lowest BCUT2D eigenvalue weighted by Gasteiger charge is -2.31. The molecular weight excluding hydrogens is 318 g/mol. The molecule has 0 saturated carbocycles. The molecule has 134 valence electrons. The minimum Gasteiger partial charge on any atom is -0.376 e. The van der Waals surface area contributed by atoms with Gasteiger partial charge >= 0.3 is 0 Å². The summed E-state index contributed by atoms with van der Waals surface area (Å²) in [7, 11) is 4.28. The van der Waals surface area contributed by atoms with Crippen LogP contribution in [0.25, 0.3) is 16.6 Å². The highest BCUT2D eigenvalue weighted by atomic mass is 15.2. The summed E-state index contributed by atoms with van der Waals surface area (Å²) < 4.78 is 2.55. The van der Waals surface area contributed by atoms with E-state index in [1.165, 1.54) is 59.5 Å². The molecule has 2 aliphatic rings. The van der Waals surface area contributed by atoms with E-state index in [2.05, 4.69) is 77.9 Å². The highest BCUT2D eigenvalue weighted by molar-refractivity contribution is 5.90. The van der Waals surface area contributed by atoms with Crippen LogP contribution in [0.2, 0.25) is 0 Å². The molecule has 1 saturated heterocycles. The maximum atomic E-state index is 2.70. The molecule has 3 heteroatoms. The minimum absolute atomic E-state index is 0.607. The van der Waals surface area contributed by atoms with E-state index in [9.17, 15) is 0 Å². The van der Waals surface area contributed by atoms with Crippen molar-refractivity contribution in [2.45, 2.75) is 32.2 Å². The monoisotopic (exact) mass is 345 g/mol. The number of benzene rings is 2. The van der Waals surface area contributed by atoms with Gasteiger partial charge in [0.1, 0.15) is 0 Å². The number of nitrogens with zero attached hydrogens (tertiary/aromatic N) is 3. The van der Waals surface area contributed by atoms with E-state index in [-0.39, 0.29) is 0 Å². The Balaban J connectivity index is 1.85. The zero-order valence-corrected chi connectivity index (χ0v) is 16.0. The van der Waals surface area contributed by atoms with Crippen molar-refractivity contribution in [1.29, 1.82) is 0 Å². The van der Waals surface area contributed by atoms with Gasteiger partial charge in [0.15, 0.2) is 0 Å². The average Bonchev–Trinajstić information content (AvgIpc) is 3.23. The normalized spacial score (nSPS) is 19.6. The van der Waals surface area contributed by atoms with E-state index in [4.69, 9.17) is 0 Å². The lowest BCUT2D eigenvalue weighted by Crippen LogP contribution is -2.31. The van der Waals surface area contributed by atoms with Gasteiger partial charge in [-0.1, -0.05) is 23.8 Å². The van der Waals surface area contributed by atoms with Crippen molar-refractivity contribution < 1.29 is 0 Å². The van der Waals surface area contributed by atoms with Gasteiger partial charge in [-0.15, -0.1) is 0 Å². The third-order valence-corrected chi connectivity index (χ3v) is 6.20. The van der Waals surface area contributed by atoms with Crippen LogP contribution in [0, 0.1) is 6.92 Å². The summed E-state index contributed by atoms with van der Waals surface area (Å²) in [5.41, 5.74) is 8.43. The zero-order valence-electron chi connectivity index (χ0n) is 16.0. The number of hydrogen-bond donors (Lipinski definition) is 0. The minimum atomic E-state index is 0.607. The molecule has 1 fully saturated rings. The van der Waals surface area contributed by atoms with Crippen LogP contribution in [-0.2, 0) is 6.42 Å². The van der Waals surface area contributed by atoms with Crippen molar-refractivity contribution in [3.05, 3.63) is 59.3 Å². The number of anilines is 1. The van der Waals surface area contributed by atoms with Crippen molar-refractivity contribution in [1.82, 2.24) is 9.47 Å². The van der Waals surface area contributed by atoms with Crippen LogP contribution in [0.4, 0.5) is 5.69 Å². The smallest absolute Gasteiger partial charge is 0.0692 e. The van der Waals surface area contributed by atoms with E-state index < -0.39 is 0 Å². The SMILES string of the molecule is Cc1ccc2c(c1)c1c(n2-c2ccccc2N(C)C)CCN2CCCC12. The summed E-state index contributed by atoms with van der Waals surface area (Å²) in [4.78, 5) is 4.93. The summed E-state index contributed by atoms with van der Waals surface area (Å²) in [6.45, 7) is 4.67. The molecule has 0 N–H and O–H groups in total. The number of hydrogen-bond acceptors (Lipinski definition) is 2. The molecule has 3 nitrogen and oxygen atoms in total. The molecule has 26 heavy (non-hydrogen) atoms. The van der Waals surface area contributed by atoms with Gasteiger partial charge in [0.2, 0.25) is 0 Å². The van der Waals surface area contributed by atoms with E-state index in [0.29, 0.717) is 6.04 Å². The Hall–Kier alpha value is -2.26. The predicted molar refractivity (Wildman–Crippen MR) is 110 cm³/mol.